The second-order valence-electron chi connectivity index (χ2n) is 5.33. The van der Waals surface area contributed by atoms with Crippen molar-refractivity contribution in [3.05, 3.63) is 17.0 Å². The number of hydrogen-bond acceptors (Lipinski definition) is 5. The van der Waals surface area contributed by atoms with Crippen molar-refractivity contribution in [3.8, 4) is 0 Å². The molecule has 1 heterocycles. The maximum Gasteiger partial charge on any atom is 0.502 e. The van der Waals surface area contributed by atoms with Gasteiger partial charge in [-0.25, -0.2) is 0 Å². The highest BCUT2D eigenvalue weighted by Gasteiger charge is 2.39. The first-order valence-electron chi connectivity index (χ1n) is 5.72. The first-order chi connectivity index (χ1) is 8.04. The Morgan fingerprint density at radius 3 is 2.33 bits per heavy atom. The van der Waals surface area contributed by atoms with E-state index in [9.17, 15) is 14.9 Å². The summed E-state index contributed by atoms with van der Waals surface area (Å²) in [6.07, 6.45) is 0. The lowest BCUT2D eigenvalue weighted by molar-refractivity contribution is -0.0981. The molecule has 100 valence electrons. The zero-order valence-corrected chi connectivity index (χ0v) is 12.2. The predicted molar refractivity (Wildman–Crippen MR) is 73.4 cm³/mol. The van der Waals surface area contributed by atoms with Crippen molar-refractivity contribution < 1.29 is 19.6 Å². The van der Waals surface area contributed by atoms with Crippen molar-refractivity contribution in [3.63, 3.8) is 0 Å². The molecule has 0 fully saturated rings. The van der Waals surface area contributed by atoms with Gasteiger partial charge in [0, 0.05) is 15.7 Å². The molecule has 0 bridgehead atoms. The fourth-order valence-electron chi connectivity index (χ4n) is 1.15. The van der Waals surface area contributed by atoms with E-state index in [1.54, 1.807) is 39.1 Å². The fourth-order valence-corrected chi connectivity index (χ4v) is 2.00. The molecule has 0 aliphatic heterocycles. The molecule has 0 unspecified atom stereocenters. The molecule has 0 aliphatic carbocycles. The van der Waals surface area contributed by atoms with Crippen LogP contribution in [0.1, 0.15) is 45.0 Å². The van der Waals surface area contributed by atoms with Crippen LogP contribution in [0.2, 0.25) is 0 Å². The van der Waals surface area contributed by atoms with Gasteiger partial charge >= 0.3 is 7.12 Å². The van der Waals surface area contributed by atoms with E-state index in [4.69, 9.17) is 4.65 Å². The van der Waals surface area contributed by atoms with Crippen molar-refractivity contribution >= 4 is 29.0 Å². The Balaban J connectivity index is 2.82. The van der Waals surface area contributed by atoms with E-state index in [0.29, 0.717) is 10.3 Å². The largest absolute Gasteiger partial charge is 0.502 e. The van der Waals surface area contributed by atoms with E-state index in [0.717, 1.165) is 0 Å². The third-order valence-corrected chi connectivity index (χ3v) is 4.11. The van der Waals surface area contributed by atoms with E-state index in [2.05, 4.69) is 0 Å². The molecule has 1 aromatic rings. The highest BCUT2D eigenvalue weighted by atomic mass is 32.1. The van der Waals surface area contributed by atoms with Crippen LogP contribution < -0.4 is 4.78 Å². The van der Waals surface area contributed by atoms with Crippen molar-refractivity contribution in [1.29, 1.82) is 0 Å². The van der Waals surface area contributed by atoms with Crippen molar-refractivity contribution in [2.45, 2.75) is 45.8 Å². The third kappa shape index (κ3) is 3.41. The van der Waals surface area contributed by atoms with E-state index >= 15 is 0 Å². The molecule has 0 saturated heterocycles. The van der Waals surface area contributed by atoms with Crippen LogP contribution >= 0.6 is 11.3 Å². The normalized spacial score (nSPS) is 12.6. The van der Waals surface area contributed by atoms with Crippen molar-refractivity contribution in [2.24, 2.45) is 0 Å². The number of carbonyl (C=O) groups is 1. The van der Waals surface area contributed by atoms with Gasteiger partial charge in [-0.15, -0.1) is 0 Å². The van der Waals surface area contributed by atoms with E-state index < -0.39 is 18.3 Å². The highest BCUT2D eigenvalue weighted by Crippen LogP contribution is 2.25. The SMILES string of the molecule is CC(=O)c1csc(B(O)OC(C)(C)C(C)(C)O)c1. The topological polar surface area (TPSA) is 66.8 Å². The van der Waals surface area contributed by atoms with E-state index in [-0.39, 0.29) is 5.78 Å². The number of carbonyl (C=O) groups excluding carboxylic acids is 1. The van der Waals surface area contributed by atoms with Crippen LogP contribution in [0.4, 0.5) is 0 Å². The summed E-state index contributed by atoms with van der Waals surface area (Å²) in [5.74, 6) is -0.0496. The average Bonchev–Trinajstić information content (AvgIpc) is 2.63. The third-order valence-electron chi connectivity index (χ3n) is 3.15. The summed E-state index contributed by atoms with van der Waals surface area (Å²) >= 11 is 1.26. The molecule has 0 amide bonds. The molecule has 0 saturated carbocycles. The molecule has 0 aliphatic rings. The molecule has 4 nitrogen and oxygen atoms in total. The van der Waals surface area contributed by atoms with Gasteiger partial charge in [0.1, 0.15) is 0 Å². The minimum absolute atomic E-state index is 0.0496. The monoisotopic (exact) mass is 270 g/mol. The van der Waals surface area contributed by atoms with Gasteiger partial charge < -0.3 is 14.8 Å². The molecule has 1 rings (SSSR count). The smallest absolute Gasteiger partial charge is 0.423 e. The summed E-state index contributed by atoms with van der Waals surface area (Å²) in [7, 11) is -1.15. The number of Topliss-reactive ketones (excluding diaryl/α,β-unsaturated/α-hetero) is 1. The lowest BCUT2D eigenvalue weighted by Gasteiger charge is -2.38. The van der Waals surface area contributed by atoms with Gasteiger partial charge in [-0.3, -0.25) is 4.79 Å². The molecule has 6 heteroatoms. The van der Waals surface area contributed by atoms with Crippen molar-refractivity contribution in [2.75, 3.05) is 0 Å². The van der Waals surface area contributed by atoms with Gasteiger partial charge in [0.15, 0.2) is 5.78 Å². The first kappa shape index (κ1) is 15.4. The minimum atomic E-state index is -1.15. The number of ketones is 1. The maximum atomic E-state index is 11.2. The van der Waals surface area contributed by atoms with Crippen LogP contribution in [0.25, 0.3) is 0 Å². The lowest BCUT2D eigenvalue weighted by atomic mass is 9.82. The van der Waals surface area contributed by atoms with E-state index in [1.807, 2.05) is 0 Å². The Kier molecular flexibility index (Phi) is 4.38. The Morgan fingerprint density at radius 2 is 1.94 bits per heavy atom. The predicted octanol–water partition coefficient (Wildman–Crippen LogP) is 1.20. The minimum Gasteiger partial charge on any atom is -0.423 e. The van der Waals surface area contributed by atoms with Crippen molar-refractivity contribution in [1.82, 2.24) is 0 Å². The Morgan fingerprint density at radius 1 is 1.39 bits per heavy atom. The molecule has 0 atom stereocenters. The maximum absolute atomic E-state index is 11.2. The Hall–Kier alpha value is -0.685. The summed E-state index contributed by atoms with van der Waals surface area (Å²) in [6, 6.07) is 1.61. The highest BCUT2D eigenvalue weighted by molar-refractivity contribution is 7.20. The fraction of sp³-hybridized carbons (Fsp3) is 0.583. The second kappa shape index (κ2) is 5.13. The lowest BCUT2D eigenvalue weighted by Crippen LogP contribution is -2.52. The molecule has 2 N–H and O–H groups in total. The number of aliphatic hydroxyl groups is 1. The van der Waals surface area contributed by atoms with Crippen LogP contribution in [-0.4, -0.2) is 34.2 Å². The Bertz CT molecular complexity index is 434. The number of thiophene rings is 1. The van der Waals surface area contributed by atoms with Crippen LogP contribution in [0, 0.1) is 0 Å². The molecule has 0 radical (unpaired) electrons. The Labute approximate surface area is 112 Å². The quantitative estimate of drug-likeness (QED) is 0.623. The van der Waals surface area contributed by atoms with Crippen LogP contribution in [0.5, 0.6) is 0 Å². The van der Waals surface area contributed by atoms with Gasteiger partial charge in [0.2, 0.25) is 0 Å². The summed E-state index contributed by atoms with van der Waals surface area (Å²) in [5.41, 5.74) is -1.44. The van der Waals surface area contributed by atoms with Crippen LogP contribution in [-0.2, 0) is 4.65 Å². The summed E-state index contributed by atoms with van der Waals surface area (Å²) in [5, 5.41) is 21.6. The zero-order valence-electron chi connectivity index (χ0n) is 11.4. The summed E-state index contributed by atoms with van der Waals surface area (Å²) in [4.78, 5) is 11.2. The average molecular weight is 270 g/mol. The van der Waals surface area contributed by atoms with Gasteiger partial charge in [-0.2, -0.15) is 11.3 Å². The van der Waals surface area contributed by atoms with Gasteiger partial charge in [-0.1, -0.05) is 0 Å². The first-order valence-corrected chi connectivity index (χ1v) is 6.60. The van der Waals surface area contributed by atoms with Crippen LogP contribution in [0.15, 0.2) is 11.4 Å². The molecule has 0 aromatic carbocycles. The van der Waals surface area contributed by atoms with Crippen LogP contribution in [0.3, 0.4) is 0 Å². The number of rotatable bonds is 5. The summed E-state index contributed by atoms with van der Waals surface area (Å²) < 4.78 is 6.04. The standard InChI is InChI=1S/C12H19BO4S/c1-8(14)9-6-10(18-7-9)13(16)17-12(4,5)11(2,3)15/h6-7,15-16H,1-5H3. The van der Waals surface area contributed by atoms with Gasteiger partial charge in [-0.05, 0) is 40.7 Å². The molecular weight excluding hydrogens is 251 g/mol. The van der Waals surface area contributed by atoms with Gasteiger partial charge in [0.25, 0.3) is 0 Å². The number of hydrogen-bond donors (Lipinski definition) is 2. The summed E-state index contributed by atoms with van der Waals surface area (Å²) in [6.45, 7) is 8.12. The van der Waals surface area contributed by atoms with E-state index in [1.165, 1.54) is 18.3 Å². The van der Waals surface area contributed by atoms with Gasteiger partial charge in [0.05, 0.1) is 11.2 Å². The molecule has 1 aromatic heterocycles. The second-order valence-corrected chi connectivity index (χ2v) is 6.28. The molecule has 18 heavy (non-hydrogen) atoms. The molecule has 0 spiro atoms. The zero-order chi connectivity index (χ0) is 14.1. The molecular formula is C12H19BO4S.